The Bertz CT molecular complexity index is 935. The number of ether oxygens (including phenoxy) is 1. The van der Waals surface area contributed by atoms with Crippen molar-refractivity contribution < 1.29 is 4.74 Å². The van der Waals surface area contributed by atoms with Crippen LogP contribution in [-0.4, -0.2) is 78.8 Å². The molecule has 0 radical (unpaired) electrons. The van der Waals surface area contributed by atoms with Crippen LogP contribution in [0.5, 0.6) is 0 Å². The lowest BCUT2D eigenvalue weighted by molar-refractivity contribution is -0.0300. The fourth-order valence-corrected chi connectivity index (χ4v) is 5.54. The first-order valence-electron chi connectivity index (χ1n) is 11.4. The summed E-state index contributed by atoms with van der Waals surface area (Å²) in [6, 6.07) is 11.0. The Labute approximate surface area is 179 Å². The van der Waals surface area contributed by atoms with E-state index in [-0.39, 0.29) is 12.2 Å². The van der Waals surface area contributed by atoms with Crippen LogP contribution in [-0.2, 0) is 4.74 Å². The van der Waals surface area contributed by atoms with Crippen molar-refractivity contribution in [3.8, 4) is 6.07 Å². The first kappa shape index (κ1) is 19.7. The van der Waals surface area contributed by atoms with Crippen molar-refractivity contribution in [2.45, 2.75) is 44.4 Å². The van der Waals surface area contributed by atoms with Gasteiger partial charge in [0.1, 0.15) is 6.07 Å². The molecular formula is C24H31N5O. The molecule has 2 aromatic rings. The number of nitrogens with zero attached hydrogens (tertiary/aromatic N) is 5. The smallest absolute Gasteiger partial charge is 0.101 e. The maximum atomic E-state index is 9.45. The fraction of sp³-hybridized carbons (Fsp3) is 0.583. The van der Waals surface area contributed by atoms with Gasteiger partial charge in [0.15, 0.2) is 0 Å². The molecule has 4 heterocycles. The van der Waals surface area contributed by atoms with Crippen LogP contribution in [0.4, 0.5) is 5.69 Å². The number of hydrogen-bond acceptors (Lipinski definition) is 6. The van der Waals surface area contributed by atoms with Crippen LogP contribution < -0.4 is 4.90 Å². The zero-order valence-electron chi connectivity index (χ0n) is 17.8. The van der Waals surface area contributed by atoms with Gasteiger partial charge in [-0.05, 0) is 70.1 Å². The maximum Gasteiger partial charge on any atom is 0.101 e. The second kappa shape index (κ2) is 8.50. The van der Waals surface area contributed by atoms with E-state index < -0.39 is 0 Å². The molecule has 5 rings (SSSR count). The zero-order valence-corrected chi connectivity index (χ0v) is 17.8. The number of anilines is 1. The van der Waals surface area contributed by atoms with E-state index in [1.54, 1.807) is 6.20 Å². The van der Waals surface area contributed by atoms with Gasteiger partial charge >= 0.3 is 0 Å². The van der Waals surface area contributed by atoms with Gasteiger partial charge in [-0.15, -0.1) is 0 Å². The van der Waals surface area contributed by atoms with E-state index in [0.717, 1.165) is 42.3 Å². The summed E-state index contributed by atoms with van der Waals surface area (Å²) in [7, 11) is 0. The summed E-state index contributed by atoms with van der Waals surface area (Å²) in [6.45, 7) is 9.83. The van der Waals surface area contributed by atoms with Crippen LogP contribution in [0.3, 0.4) is 0 Å². The minimum atomic E-state index is 0.183. The summed E-state index contributed by atoms with van der Waals surface area (Å²) >= 11 is 0. The first-order chi connectivity index (χ1) is 14.7. The first-order valence-corrected chi connectivity index (χ1v) is 11.4. The average molecular weight is 406 g/mol. The van der Waals surface area contributed by atoms with Gasteiger partial charge < -0.3 is 9.64 Å². The van der Waals surface area contributed by atoms with E-state index >= 15 is 0 Å². The number of pyridine rings is 1. The largest absolute Gasteiger partial charge is 0.370 e. The summed E-state index contributed by atoms with van der Waals surface area (Å²) < 4.78 is 6.35. The lowest BCUT2D eigenvalue weighted by Crippen LogP contribution is -2.51. The average Bonchev–Trinajstić information content (AvgIpc) is 3.44. The highest BCUT2D eigenvalue weighted by Crippen LogP contribution is 2.30. The fourth-order valence-electron chi connectivity index (χ4n) is 5.54. The summed E-state index contributed by atoms with van der Waals surface area (Å²) in [4.78, 5) is 12.2. The molecular weight excluding hydrogens is 374 g/mol. The third kappa shape index (κ3) is 3.90. The van der Waals surface area contributed by atoms with Gasteiger partial charge in [0.2, 0.25) is 0 Å². The highest BCUT2D eigenvalue weighted by molar-refractivity contribution is 5.95. The SMILES string of the molecule is C[C@@H]1CN(c2ccc(C#N)c3ncccc23)C[C@H](CN2CC[C@@H](N3CCCC3)C2)O1. The molecule has 1 aromatic carbocycles. The number of fused-ring (bicyclic) bond motifs is 1. The molecule has 3 atom stereocenters. The number of rotatable bonds is 4. The number of hydrogen-bond donors (Lipinski definition) is 0. The Morgan fingerprint density at radius 1 is 1.13 bits per heavy atom. The van der Waals surface area contributed by atoms with Crippen molar-refractivity contribution >= 4 is 16.6 Å². The molecule has 0 N–H and O–H groups in total. The summed E-state index contributed by atoms with van der Waals surface area (Å²) in [6.07, 6.45) is 6.17. The third-order valence-corrected chi connectivity index (χ3v) is 6.90. The van der Waals surface area contributed by atoms with E-state index in [9.17, 15) is 5.26 Å². The molecule has 0 bridgehead atoms. The topological polar surface area (TPSA) is 55.6 Å². The predicted octanol–water partition coefficient (Wildman–Crippen LogP) is 2.87. The molecule has 0 amide bonds. The van der Waals surface area contributed by atoms with Gasteiger partial charge in [-0.25, -0.2) is 0 Å². The normalized spacial score (nSPS) is 28.3. The quantitative estimate of drug-likeness (QED) is 0.780. The number of benzene rings is 1. The monoisotopic (exact) mass is 405 g/mol. The Morgan fingerprint density at radius 2 is 2.00 bits per heavy atom. The van der Waals surface area contributed by atoms with Crippen molar-refractivity contribution in [3.05, 3.63) is 36.0 Å². The van der Waals surface area contributed by atoms with E-state index in [1.165, 1.54) is 45.4 Å². The van der Waals surface area contributed by atoms with Crippen LogP contribution in [0.25, 0.3) is 10.9 Å². The van der Waals surface area contributed by atoms with Gasteiger partial charge in [-0.1, -0.05) is 0 Å². The van der Waals surface area contributed by atoms with E-state index in [1.807, 2.05) is 12.1 Å². The molecule has 0 saturated carbocycles. The molecule has 6 heteroatoms. The van der Waals surface area contributed by atoms with Crippen molar-refractivity contribution in [2.75, 3.05) is 50.7 Å². The van der Waals surface area contributed by atoms with Gasteiger partial charge in [-0.3, -0.25) is 14.8 Å². The highest BCUT2D eigenvalue weighted by atomic mass is 16.5. The van der Waals surface area contributed by atoms with Crippen molar-refractivity contribution in [1.29, 1.82) is 5.26 Å². The van der Waals surface area contributed by atoms with Gasteiger partial charge in [-0.2, -0.15) is 5.26 Å². The van der Waals surface area contributed by atoms with E-state index in [0.29, 0.717) is 5.56 Å². The third-order valence-electron chi connectivity index (χ3n) is 6.90. The number of nitriles is 1. The zero-order chi connectivity index (χ0) is 20.5. The van der Waals surface area contributed by atoms with E-state index in [4.69, 9.17) is 4.74 Å². The number of likely N-dealkylation sites (tertiary alicyclic amines) is 2. The van der Waals surface area contributed by atoms with Crippen LogP contribution in [0.2, 0.25) is 0 Å². The predicted molar refractivity (Wildman–Crippen MR) is 119 cm³/mol. The summed E-state index contributed by atoms with van der Waals surface area (Å²) in [5.74, 6) is 0. The Hall–Kier alpha value is -2.20. The van der Waals surface area contributed by atoms with Crippen molar-refractivity contribution in [1.82, 2.24) is 14.8 Å². The molecule has 1 aromatic heterocycles. The molecule has 0 unspecified atom stereocenters. The summed E-state index contributed by atoms with van der Waals surface area (Å²) in [5, 5.41) is 10.5. The molecule has 3 saturated heterocycles. The molecule has 30 heavy (non-hydrogen) atoms. The number of morpholine rings is 1. The van der Waals surface area contributed by atoms with Crippen molar-refractivity contribution in [3.63, 3.8) is 0 Å². The minimum absolute atomic E-state index is 0.183. The van der Waals surface area contributed by atoms with Gasteiger partial charge in [0.05, 0.1) is 23.3 Å². The van der Waals surface area contributed by atoms with Crippen LogP contribution in [0.1, 0.15) is 31.7 Å². The Morgan fingerprint density at radius 3 is 2.83 bits per heavy atom. The molecule has 158 valence electrons. The second-order valence-electron chi connectivity index (χ2n) is 9.06. The molecule has 0 aliphatic carbocycles. The molecule has 0 spiro atoms. The van der Waals surface area contributed by atoms with Gasteiger partial charge in [0.25, 0.3) is 0 Å². The standard InChI is InChI=1S/C24H31N5O/c1-18-14-29(23-7-6-19(13-25)24-22(23)5-4-9-26-24)17-21(30-18)16-27-12-8-20(15-27)28-10-2-3-11-28/h4-7,9,18,20-21H,2-3,8,10-12,14-17H2,1H3/t18-,20-,21+/m1/s1. The lowest BCUT2D eigenvalue weighted by atomic mass is 10.1. The summed E-state index contributed by atoms with van der Waals surface area (Å²) in [5.41, 5.74) is 2.59. The molecule has 3 aliphatic heterocycles. The second-order valence-corrected chi connectivity index (χ2v) is 9.06. The van der Waals surface area contributed by atoms with Crippen molar-refractivity contribution in [2.24, 2.45) is 0 Å². The molecule has 3 fully saturated rings. The van der Waals surface area contributed by atoms with Crippen LogP contribution >= 0.6 is 0 Å². The Balaban J connectivity index is 1.30. The van der Waals surface area contributed by atoms with E-state index in [2.05, 4.69) is 44.8 Å². The molecule has 6 nitrogen and oxygen atoms in total. The number of aromatic nitrogens is 1. The van der Waals surface area contributed by atoms with Crippen LogP contribution in [0.15, 0.2) is 30.5 Å². The Kier molecular flexibility index (Phi) is 5.60. The minimum Gasteiger partial charge on any atom is -0.370 e. The molecule has 3 aliphatic rings. The maximum absolute atomic E-state index is 9.45. The van der Waals surface area contributed by atoms with Crippen LogP contribution in [0, 0.1) is 11.3 Å². The van der Waals surface area contributed by atoms with Gasteiger partial charge in [0, 0.05) is 49.5 Å². The lowest BCUT2D eigenvalue weighted by Gasteiger charge is -2.40. The highest BCUT2D eigenvalue weighted by Gasteiger charge is 2.33.